The summed E-state index contributed by atoms with van der Waals surface area (Å²) in [6, 6.07) is 7.84. The first-order valence-corrected chi connectivity index (χ1v) is 6.41. The van der Waals surface area contributed by atoms with Gasteiger partial charge in [-0.25, -0.2) is 4.98 Å². The molecule has 0 aliphatic carbocycles. The van der Waals surface area contributed by atoms with Crippen molar-refractivity contribution in [3.63, 3.8) is 0 Å². The topological polar surface area (TPSA) is 47.1 Å². The van der Waals surface area contributed by atoms with Crippen molar-refractivity contribution >= 4 is 0 Å². The van der Waals surface area contributed by atoms with E-state index in [9.17, 15) is 0 Å². The first-order valence-electron chi connectivity index (χ1n) is 6.41. The Labute approximate surface area is 113 Å². The molecular formula is C15H20N2O2. The number of aryl methyl sites for hydroxylation is 1. The molecule has 1 aromatic carbocycles. The number of hydrogen-bond donors (Lipinski definition) is 1. The normalized spacial score (nSPS) is 11.0. The zero-order valence-corrected chi connectivity index (χ0v) is 11.9. The molecule has 0 radical (unpaired) electrons. The predicted octanol–water partition coefficient (Wildman–Crippen LogP) is 3.32. The van der Waals surface area contributed by atoms with Gasteiger partial charge in [-0.15, -0.1) is 0 Å². The molecule has 0 spiro atoms. The average molecular weight is 260 g/mol. The molecule has 0 saturated heterocycles. The summed E-state index contributed by atoms with van der Waals surface area (Å²) in [7, 11) is 1.66. The molecule has 1 N–H and O–H groups in total. The standard InChI is InChI=1S/C15H20N2O2/c1-10(2)19-9-14-11(3)16-15(17-14)12-5-7-13(18-4)8-6-12/h5-8,10H,9H2,1-4H3,(H,16,17). The summed E-state index contributed by atoms with van der Waals surface area (Å²) in [5.41, 5.74) is 3.05. The van der Waals surface area contributed by atoms with Gasteiger partial charge in [-0.1, -0.05) is 0 Å². The summed E-state index contributed by atoms with van der Waals surface area (Å²) in [5, 5.41) is 0. The molecule has 4 heteroatoms. The molecule has 0 fully saturated rings. The highest BCUT2D eigenvalue weighted by atomic mass is 16.5. The number of nitrogens with one attached hydrogen (secondary N) is 1. The molecule has 0 saturated carbocycles. The number of nitrogens with zero attached hydrogens (tertiary/aromatic N) is 1. The molecular weight excluding hydrogens is 240 g/mol. The summed E-state index contributed by atoms with van der Waals surface area (Å²) in [6.45, 7) is 6.59. The van der Waals surface area contributed by atoms with Crippen molar-refractivity contribution in [3.05, 3.63) is 35.7 Å². The minimum absolute atomic E-state index is 0.209. The molecule has 19 heavy (non-hydrogen) atoms. The molecule has 0 bridgehead atoms. The van der Waals surface area contributed by atoms with Gasteiger partial charge in [0.2, 0.25) is 0 Å². The lowest BCUT2D eigenvalue weighted by Crippen LogP contribution is -2.03. The number of aromatic nitrogens is 2. The molecule has 102 valence electrons. The molecule has 0 aliphatic rings. The second kappa shape index (κ2) is 5.89. The molecule has 1 heterocycles. The molecule has 2 aromatic rings. The highest BCUT2D eigenvalue weighted by molar-refractivity contribution is 5.57. The zero-order chi connectivity index (χ0) is 13.8. The Morgan fingerprint density at radius 3 is 2.47 bits per heavy atom. The van der Waals surface area contributed by atoms with Gasteiger partial charge in [-0.3, -0.25) is 0 Å². The Morgan fingerprint density at radius 1 is 1.21 bits per heavy atom. The van der Waals surface area contributed by atoms with Crippen molar-refractivity contribution in [1.29, 1.82) is 0 Å². The van der Waals surface area contributed by atoms with Crippen molar-refractivity contribution < 1.29 is 9.47 Å². The van der Waals surface area contributed by atoms with Crippen molar-refractivity contribution in [2.75, 3.05) is 7.11 Å². The van der Waals surface area contributed by atoms with Crippen LogP contribution < -0.4 is 4.74 Å². The largest absolute Gasteiger partial charge is 0.497 e. The number of rotatable bonds is 5. The van der Waals surface area contributed by atoms with E-state index < -0.39 is 0 Å². The summed E-state index contributed by atoms with van der Waals surface area (Å²) in [5.74, 6) is 1.71. The van der Waals surface area contributed by atoms with Crippen molar-refractivity contribution in [2.24, 2.45) is 0 Å². The average Bonchev–Trinajstić information content (AvgIpc) is 2.78. The van der Waals surface area contributed by atoms with Gasteiger partial charge in [-0.05, 0) is 45.0 Å². The van der Waals surface area contributed by atoms with E-state index in [-0.39, 0.29) is 6.10 Å². The maximum absolute atomic E-state index is 5.59. The van der Waals surface area contributed by atoms with E-state index in [2.05, 4.69) is 9.97 Å². The fourth-order valence-corrected chi connectivity index (χ4v) is 1.77. The van der Waals surface area contributed by atoms with E-state index >= 15 is 0 Å². The van der Waals surface area contributed by atoms with Crippen LogP contribution in [-0.2, 0) is 11.3 Å². The van der Waals surface area contributed by atoms with Crippen molar-refractivity contribution in [2.45, 2.75) is 33.5 Å². The Balaban J connectivity index is 2.18. The quantitative estimate of drug-likeness (QED) is 0.897. The van der Waals surface area contributed by atoms with E-state index in [0.717, 1.165) is 28.5 Å². The molecule has 1 aromatic heterocycles. The van der Waals surface area contributed by atoms with Gasteiger partial charge < -0.3 is 14.5 Å². The number of benzene rings is 1. The van der Waals surface area contributed by atoms with E-state index in [4.69, 9.17) is 9.47 Å². The van der Waals surface area contributed by atoms with Gasteiger partial charge in [0.25, 0.3) is 0 Å². The summed E-state index contributed by atoms with van der Waals surface area (Å²) in [6.07, 6.45) is 0.209. The SMILES string of the molecule is COc1ccc(-c2nc(COC(C)C)c(C)[nH]2)cc1. The molecule has 0 aliphatic heterocycles. The molecule has 4 nitrogen and oxygen atoms in total. The summed E-state index contributed by atoms with van der Waals surface area (Å²) in [4.78, 5) is 7.88. The van der Waals surface area contributed by atoms with Crippen LogP contribution in [0.3, 0.4) is 0 Å². The van der Waals surface area contributed by atoms with Crippen molar-refractivity contribution in [3.8, 4) is 17.1 Å². The Hall–Kier alpha value is -1.81. The minimum Gasteiger partial charge on any atom is -0.497 e. The molecule has 0 atom stereocenters. The van der Waals surface area contributed by atoms with Crippen LogP contribution in [0, 0.1) is 6.92 Å². The number of H-pyrrole nitrogens is 1. The van der Waals surface area contributed by atoms with Crippen LogP contribution in [-0.4, -0.2) is 23.2 Å². The van der Waals surface area contributed by atoms with Gasteiger partial charge in [-0.2, -0.15) is 0 Å². The Kier molecular flexibility index (Phi) is 4.22. The van der Waals surface area contributed by atoms with Gasteiger partial charge in [0.15, 0.2) is 0 Å². The number of imidazole rings is 1. The van der Waals surface area contributed by atoms with Crippen LogP contribution in [0.1, 0.15) is 25.2 Å². The second-order valence-electron chi connectivity index (χ2n) is 4.75. The summed E-state index contributed by atoms with van der Waals surface area (Å²) < 4.78 is 10.7. The van der Waals surface area contributed by atoms with Gasteiger partial charge in [0.05, 0.1) is 25.5 Å². The van der Waals surface area contributed by atoms with Crippen LogP contribution >= 0.6 is 0 Å². The Morgan fingerprint density at radius 2 is 1.89 bits per heavy atom. The first-order chi connectivity index (χ1) is 9.10. The van der Waals surface area contributed by atoms with Gasteiger partial charge in [0.1, 0.15) is 11.6 Å². The first kappa shape index (κ1) is 13.6. The monoisotopic (exact) mass is 260 g/mol. The van der Waals surface area contributed by atoms with Crippen LogP contribution in [0.5, 0.6) is 5.75 Å². The second-order valence-corrected chi connectivity index (χ2v) is 4.75. The number of hydrogen-bond acceptors (Lipinski definition) is 3. The van der Waals surface area contributed by atoms with Crippen LogP contribution in [0.25, 0.3) is 11.4 Å². The number of aromatic amines is 1. The maximum atomic E-state index is 5.59. The third-order valence-electron chi connectivity index (χ3n) is 2.90. The molecule has 0 amide bonds. The third-order valence-corrected chi connectivity index (χ3v) is 2.90. The van der Waals surface area contributed by atoms with E-state index in [1.54, 1.807) is 7.11 Å². The predicted molar refractivity (Wildman–Crippen MR) is 75.2 cm³/mol. The smallest absolute Gasteiger partial charge is 0.137 e. The van der Waals surface area contributed by atoms with Crippen LogP contribution in [0.4, 0.5) is 0 Å². The van der Waals surface area contributed by atoms with E-state index in [0.29, 0.717) is 6.61 Å². The summed E-state index contributed by atoms with van der Waals surface area (Å²) >= 11 is 0. The van der Waals surface area contributed by atoms with Crippen molar-refractivity contribution in [1.82, 2.24) is 9.97 Å². The van der Waals surface area contributed by atoms with E-state index in [1.165, 1.54) is 0 Å². The molecule has 0 unspecified atom stereocenters. The fourth-order valence-electron chi connectivity index (χ4n) is 1.77. The van der Waals surface area contributed by atoms with Gasteiger partial charge >= 0.3 is 0 Å². The maximum Gasteiger partial charge on any atom is 0.137 e. The lowest BCUT2D eigenvalue weighted by Gasteiger charge is -2.05. The third kappa shape index (κ3) is 3.35. The highest BCUT2D eigenvalue weighted by Gasteiger charge is 2.09. The minimum atomic E-state index is 0.209. The van der Waals surface area contributed by atoms with Gasteiger partial charge in [0, 0.05) is 11.3 Å². The highest BCUT2D eigenvalue weighted by Crippen LogP contribution is 2.21. The van der Waals surface area contributed by atoms with E-state index in [1.807, 2.05) is 45.0 Å². The lowest BCUT2D eigenvalue weighted by molar-refractivity contribution is 0.0635. The number of ether oxygens (including phenoxy) is 2. The fraction of sp³-hybridized carbons (Fsp3) is 0.400. The zero-order valence-electron chi connectivity index (χ0n) is 11.9. The lowest BCUT2D eigenvalue weighted by atomic mass is 10.2. The van der Waals surface area contributed by atoms with Crippen LogP contribution in [0.15, 0.2) is 24.3 Å². The number of methoxy groups -OCH3 is 1. The van der Waals surface area contributed by atoms with Crippen LogP contribution in [0.2, 0.25) is 0 Å². The molecule has 2 rings (SSSR count). The Bertz CT molecular complexity index is 530.